The van der Waals surface area contributed by atoms with Crippen molar-refractivity contribution in [2.75, 3.05) is 44.2 Å². The molecule has 3 aromatic rings. The van der Waals surface area contributed by atoms with Crippen LogP contribution in [0.2, 0.25) is 0 Å². The number of thiophene rings is 1. The Labute approximate surface area is 211 Å². The lowest BCUT2D eigenvalue weighted by Gasteiger charge is -2.38. The molecule has 1 amide bonds. The maximum Gasteiger partial charge on any atom is 0.252 e. The molecule has 5 rings (SSSR count). The Hall–Kier alpha value is -2.68. The van der Waals surface area contributed by atoms with Crippen LogP contribution in [-0.2, 0) is 14.8 Å². The molecule has 184 valence electrons. The monoisotopic (exact) mass is 509 g/mol. The normalized spacial score (nSPS) is 21.4. The molecule has 2 aliphatic heterocycles. The highest BCUT2D eigenvalue weighted by atomic mass is 32.2. The number of nitrogens with zero attached hydrogens (tertiary/aromatic N) is 3. The van der Waals surface area contributed by atoms with Gasteiger partial charge < -0.3 is 9.80 Å². The number of anilines is 1. The van der Waals surface area contributed by atoms with E-state index in [2.05, 4.69) is 36.9 Å². The van der Waals surface area contributed by atoms with E-state index in [0.29, 0.717) is 23.8 Å². The van der Waals surface area contributed by atoms with Gasteiger partial charge in [0, 0.05) is 50.9 Å². The molecule has 35 heavy (non-hydrogen) atoms. The Morgan fingerprint density at radius 1 is 0.886 bits per heavy atom. The maximum atomic E-state index is 13.8. The minimum atomic E-state index is -3.61. The van der Waals surface area contributed by atoms with Gasteiger partial charge in [-0.2, -0.15) is 4.31 Å². The quantitative estimate of drug-likeness (QED) is 0.519. The highest BCUT2D eigenvalue weighted by Crippen LogP contribution is 2.38. The minimum absolute atomic E-state index is 0.0587. The third-order valence-corrected chi connectivity index (χ3v) is 10.6. The van der Waals surface area contributed by atoms with Crippen molar-refractivity contribution in [2.24, 2.45) is 5.92 Å². The van der Waals surface area contributed by atoms with Gasteiger partial charge in [0.15, 0.2) is 0 Å². The summed E-state index contributed by atoms with van der Waals surface area (Å²) in [5.74, 6) is -0.488. The molecule has 0 spiro atoms. The number of piperazine rings is 1. The molecule has 2 atom stereocenters. The van der Waals surface area contributed by atoms with Gasteiger partial charge in [-0.05, 0) is 48.1 Å². The van der Waals surface area contributed by atoms with Crippen LogP contribution in [0, 0.1) is 19.8 Å². The van der Waals surface area contributed by atoms with Crippen molar-refractivity contribution >= 4 is 33.0 Å². The van der Waals surface area contributed by atoms with Crippen molar-refractivity contribution in [1.82, 2.24) is 9.21 Å². The summed E-state index contributed by atoms with van der Waals surface area (Å²) in [6, 6.07) is 19.6. The van der Waals surface area contributed by atoms with E-state index in [1.54, 1.807) is 17.5 Å². The van der Waals surface area contributed by atoms with Crippen molar-refractivity contribution in [3.05, 3.63) is 82.7 Å². The summed E-state index contributed by atoms with van der Waals surface area (Å²) in [4.78, 5) is 18.1. The lowest BCUT2D eigenvalue weighted by Crippen LogP contribution is -2.51. The van der Waals surface area contributed by atoms with Crippen LogP contribution in [0.3, 0.4) is 0 Å². The molecular formula is C27H31N3O3S2. The van der Waals surface area contributed by atoms with Crippen molar-refractivity contribution in [2.45, 2.75) is 24.0 Å². The van der Waals surface area contributed by atoms with E-state index in [-0.39, 0.29) is 24.3 Å². The Morgan fingerprint density at radius 3 is 2.31 bits per heavy atom. The summed E-state index contributed by atoms with van der Waals surface area (Å²) in [7, 11) is -3.61. The van der Waals surface area contributed by atoms with Gasteiger partial charge in [0.2, 0.25) is 5.91 Å². The fourth-order valence-electron chi connectivity index (χ4n) is 5.27. The first kappa shape index (κ1) is 24.0. The Balaban J connectivity index is 1.35. The van der Waals surface area contributed by atoms with Gasteiger partial charge in [0.1, 0.15) is 4.21 Å². The van der Waals surface area contributed by atoms with E-state index >= 15 is 0 Å². The molecule has 2 unspecified atom stereocenters. The number of amides is 1. The zero-order valence-corrected chi connectivity index (χ0v) is 21.8. The van der Waals surface area contributed by atoms with Crippen LogP contribution in [0.25, 0.3) is 0 Å². The first-order valence-electron chi connectivity index (χ1n) is 12.0. The van der Waals surface area contributed by atoms with Crippen LogP contribution in [0.1, 0.15) is 22.6 Å². The van der Waals surface area contributed by atoms with Crippen LogP contribution in [0.4, 0.5) is 5.69 Å². The number of hydrogen-bond donors (Lipinski definition) is 0. The molecule has 2 fully saturated rings. The minimum Gasteiger partial charge on any atom is -0.368 e. The van der Waals surface area contributed by atoms with Gasteiger partial charge in [0.25, 0.3) is 10.0 Å². The van der Waals surface area contributed by atoms with E-state index in [4.69, 9.17) is 0 Å². The fourth-order valence-corrected chi connectivity index (χ4v) is 7.91. The SMILES string of the molecule is Cc1cccc(N2CCN(C(=O)C3CN(S(=O)(=O)c4cccs4)CC3c3ccccc3)CC2)c1C. The van der Waals surface area contributed by atoms with Gasteiger partial charge in [-0.3, -0.25) is 4.79 Å². The number of carbonyl (C=O) groups is 1. The number of sulfonamides is 1. The lowest BCUT2D eigenvalue weighted by atomic mass is 9.88. The Bertz CT molecular complexity index is 1280. The predicted octanol–water partition coefficient (Wildman–Crippen LogP) is 4.12. The predicted molar refractivity (Wildman–Crippen MR) is 140 cm³/mol. The van der Waals surface area contributed by atoms with Crippen LogP contribution in [0.5, 0.6) is 0 Å². The molecule has 8 heteroatoms. The molecule has 0 saturated carbocycles. The van der Waals surface area contributed by atoms with Crippen molar-refractivity contribution in [3.63, 3.8) is 0 Å². The summed E-state index contributed by atoms with van der Waals surface area (Å²) < 4.78 is 28.4. The number of benzene rings is 2. The molecule has 2 aliphatic rings. The van der Waals surface area contributed by atoms with Gasteiger partial charge in [-0.1, -0.05) is 48.5 Å². The smallest absolute Gasteiger partial charge is 0.252 e. The van der Waals surface area contributed by atoms with Crippen molar-refractivity contribution < 1.29 is 13.2 Å². The molecule has 0 radical (unpaired) electrons. The van der Waals surface area contributed by atoms with E-state index in [1.165, 1.54) is 32.5 Å². The molecule has 6 nitrogen and oxygen atoms in total. The van der Waals surface area contributed by atoms with Crippen LogP contribution in [-0.4, -0.2) is 62.8 Å². The molecule has 1 aromatic heterocycles. The van der Waals surface area contributed by atoms with Gasteiger partial charge in [0.05, 0.1) is 5.92 Å². The van der Waals surface area contributed by atoms with Crippen molar-refractivity contribution in [3.8, 4) is 0 Å². The second-order valence-corrected chi connectivity index (χ2v) is 12.5. The van der Waals surface area contributed by atoms with E-state index < -0.39 is 10.0 Å². The van der Waals surface area contributed by atoms with Gasteiger partial charge in [-0.15, -0.1) is 11.3 Å². The first-order chi connectivity index (χ1) is 16.9. The molecule has 3 heterocycles. The lowest BCUT2D eigenvalue weighted by molar-refractivity contribution is -0.135. The third kappa shape index (κ3) is 4.62. The van der Waals surface area contributed by atoms with E-state index in [9.17, 15) is 13.2 Å². The zero-order valence-electron chi connectivity index (χ0n) is 20.1. The first-order valence-corrected chi connectivity index (χ1v) is 14.4. The number of aryl methyl sites for hydroxylation is 1. The topological polar surface area (TPSA) is 60.9 Å². The summed E-state index contributed by atoms with van der Waals surface area (Å²) >= 11 is 1.22. The second kappa shape index (κ2) is 9.76. The molecule has 0 bridgehead atoms. The summed E-state index contributed by atoms with van der Waals surface area (Å²) in [6.45, 7) is 7.64. The summed E-state index contributed by atoms with van der Waals surface area (Å²) in [6.07, 6.45) is 0. The average Bonchev–Trinajstić information content (AvgIpc) is 3.58. The van der Waals surface area contributed by atoms with E-state index in [1.807, 2.05) is 35.2 Å². The second-order valence-electron chi connectivity index (χ2n) is 9.41. The number of hydrogen-bond acceptors (Lipinski definition) is 5. The highest BCUT2D eigenvalue weighted by molar-refractivity contribution is 7.91. The Kier molecular flexibility index (Phi) is 6.70. The van der Waals surface area contributed by atoms with Crippen LogP contribution < -0.4 is 4.90 Å². The molecular weight excluding hydrogens is 478 g/mol. The van der Waals surface area contributed by atoms with E-state index in [0.717, 1.165) is 18.7 Å². The highest BCUT2D eigenvalue weighted by Gasteiger charge is 2.45. The average molecular weight is 510 g/mol. The fraction of sp³-hybridized carbons (Fsp3) is 0.370. The largest absolute Gasteiger partial charge is 0.368 e. The standard InChI is InChI=1S/C27H31N3O3S2/c1-20-8-6-11-25(21(20)2)28-13-15-29(16-14-28)27(31)24-19-30(35(32,33)26-12-7-17-34-26)18-23(24)22-9-4-3-5-10-22/h3-12,17,23-24H,13-16,18-19H2,1-2H3. The van der Waals surface area contributed by atoms with Gasteiger partial charge in [-0.25, -0.2) is 8.42 Å². The molecule has 0 N–H and O–H groups in total. The number of rotatable bonds is 5. The maximum absolute atomic E-state index is 13.8. The molecule has 0 aliphatic carbocycles. The Morgan fingerprint density at radius 2 is 1.63 bits per heavy atom. The summed E-state index contributed by atoms with van der Waals surface area (Å²) in [5.41, 5.74) is 4.79. The number of carbonyl (C=O) groups excluding carboxylic acids is 1. The van der Waals surface area contributed by atoms with Crippen LogP contribution in [0.15, 0.2) is 70.3 Å². The molecule has 2 aromatic carbocycles. The third-order valence-electron chi connectivity index (χ3n) is 7.43. The van der Waals surface area contributed by atoms with Crippen molar-refractivity contribution in [1.29, 1.82) is 0 Å². The van der Waals surface area contributed by atoms with Gasteiger partial charge >= 0.3 is 0 Å². The van der Waals surface area contributed by atoms with Crippen LogP contribution >= 0.6 is 11.3 Å². The summed E-state index contributed by atoms with van der Waals surface area (Å²) in [5, 5.41) is 1.77. The molecule has 2 saturated heterocycles. The zero-order chi connectivity index (χ0) is 24.6.